The molecule has 180 valence electrons. The number of rotatable bonds is 4. The number of hydrogen-bond donors (Lipinski definition) is 3. The summed E-state index contributed by atoms with van der Waals surface area (Å²) in [6, 6.07) is 8.81. The summed E-state index contributed by atoms with van der Waals surface area (Å²) in [5.74, 6) is -1.74. The van der Waals surface area contributed by atoms with Crippen LogP contribution < -0.4 is 0 Å². The number of fused-ring (bicyclic) bond motifs is 2. The molecule has 8 atom stereocenters. The van der Waals surface area contributed by atoms with Crippen LogP contribution in [-0.4, -0.2) is 46.1 Å². The van der Waals surface area contributed by atoms with Crippen molar-refractivity contribution in [3.63, 3.8) is 0 Å². The maximum absolute atomic E-state index is 13.1. The number of aliphatic hydroxyl groups is 2. The zero-order chi connectivity index (χ0) is 23.6. The molecule has 6 nitrogen and oxygen atoms in total. The molecule has 6 heteroatoms. The standard InChI is InChI=1S/C27H36O6/c1-24-11-12-27(15-24)18(14-20(24)29)13-19(33-22(30)17-7-4-3-5-8-17)21-25(27,2)9-6-10-26(21,16-28)23(31)32/h3-5,7-8,18-21,28-29H,6,9-16H2,1-2H3,(H,31,32)/t18?,19-,20+,21-,24-,25+,26-,27+/m1/s1. The summed E-state index contributed by atoms with van der Waals surface area (Å²) in [5.41, 5.74) is -1.53. The van der Waals surface area contributed by atoms with Gasteiger partial charge in [-0.25, -0.2) is 4.79 Å². The minimum absolute atomic E-state index is 0.0996. The summed E-state index contributed by atoms with van der Waals surface area (Å²) in [7, 11) is 0. The van der Waals surface area contributed by atoms with Crippen molar-refractivity contribution in [2.75, 3.05) is 6.61 Å². The largest absolute Gasteiger partial charge is 0.481 e. The second kappa shape index (κ2) is 7.54. The first kappa shape index (κ1) is 22.9. The third-order valence-electron chi connectivity index (χ3n) is 10.6. The second-order valence-electron chi connectivity index (χ2n) is 11.8. The number of esters is 1. The Morgan fingerprint density at radius 2 is 1.79 bits per heavy atom. The normalized spacial score (nSPS) is 46.2. The van der Waals surface area contributed by atoms with Crippen LogP contribution >= 0.6 is 0 Å². The average Bonchev–Trinajstić information content (AvgIpc) is 3.13. The Hall–Kier alpha value is -1.92. The fourth-order valence-corrected chi connectivity index (χ4v) is 8.91. The molecular formula is C27H36O6. The second-order valence-corrected chi connectivity index (χ2v) is 11.8. The fraction of sp³-hybridized carbons (Fsp3) is 0.704. The molecule has 4 fully saturated rings. The first-order valence-electron chi connectivity index (χ1n) is 12.4. The van der Waals surface area contributed by atoms with Gasteiger partial charge in [-0.3, -0.25) is 4.79 Å². The smallest absolute Gasteiger partial charge is 0.338 e. The van der Waals surface area contributed by atoms with Crippen molar-refractivity contribution in [1.29, 1.82) is 0 Å². The predicted molar refractivity (Wildman–Crippen MR) is 121 cm³/mol. The van der Waals surface area contributed by atoms with Crippen molar-refractivity contribution in [3.05, 3.63) is 35.9 Å². The molecule has 1 aromatic rings. The molecule has 0 aliphatic heterocycles. The lowest BCUT2D eigenvalue weighted by Crippen LogP contribution is -2.67. The maximum Gasteiger partial charge on any atom is 0.338 e. The van der Waals surface area contributed by atoms with Crippen molar-refractivity contribution in [2.45, 2.75) is 77.4 Å². The van der Waals surface area contributed by atoms with Crippen molar-refractivity contribution in [2.24, 2.45) is 33.5 Å². The van der Waals surface area contributed by atoms with Crippen LogP contribution in [-0.2, 0) is 9.53 Å². The summed E-state index contributed by atoms with van der Waals surface area (Å²) in [6.07, 6.45) is 4.94. The van der Waals surface area contributed by atoms with Gasteiger partial charge >= 0.3 is 11.9 Å². The Kier molecular flexibility index (Phi) is 5.22. The zero-order valence-corrected chi connectivity index (χ0v) is 19.6. The van der Waals surface area contributed by atoms with Gasteiger partial charge in [0.1, 0.15) is 6.10 Å². The highest BCUT2D eigenvalue weighted by Gasteiger charge is 2.73. The van der Waals surface area contributed by atoms with Gasteiger partial charge in [-0.2, -0.15) is 0 Å². The minimum atomic E-state index is -1.33. The summed E-state index contributed by atoms with van der Waals surface area (Å²) < 4.78 is 6.14. The zero-order valence-electron chi connectivity index (χ0n) is 19.6. The third-order valence-corrected chi connectivity index (χ3v) is 10.6. The van der Waals surface area contributed by atoms with Gasteiger partial charge in [0, 0.05) is 5.92 Å². The molecule has 0 aromatic heterocycles. The van der Waals surface area contributed by atoms with Crippen molar-refractivity contribution in [1.82, 2.24) is 0 Å². The molecule has 4 aliphatic rings. The van der Waals surface area contributed by atoms with Crippen LogP contribution in [0.1, 0.15) is 75.6 Å². The molecule has 0 saturated heterocycles. The van der Waals surface area contributed by atoms with E-state index in [1.807, 2.05) is 6.07 Å². The predicted octanol–water partition coefficient (Wildman–Crippen LogP) is 4.04. The molecular weight excluding hydrogens is 420 g/mol. The lowest BCUT2D eigenvalue weighted by molar-refractivity contribution is -0.241. The van der Waals surface area contributed by atoms with Gasteiger partial charge in [0.15, 0.2) is 0 Å². The van der Waals surface area contributed by atoms with Crippen molar-refractivity contribution in [3.8, 4) is 0 Å². The van der Waals surface area contributed by atoms with Crippen LogP contribution in [0.15, 0.2) is 30.3 Å². The van der Waals surface area contributed by atoms with Gasteiger partial charge < -0.3 is 20.1 Å². The van der Waals surface area contributed by atoms with E-state index in [1.54, 1.807) is 24.3 Å². The van der Waals surface area contributed by atoms with Gasteiger partial charge in [0.05, 0.1) is 23.7 Å². The van der Waals surface area contributed by atoms with E-state index >= 15 is 0 Å². The number of ether oxygens (including phenoxy) is 1. The van der Waals surface area contributed by atoms with Crippen molar-refractivity contribution >= 4 is 11.9 Å². The maximum atomic E-state index is 13.1. The highest BCUT2D eigenvalue weighted by Crippen LogP contribution is 2.76. The number of carbonyl (C=O) groups excluding carboxylic acids is 1. The molecule has 3 N–H and O–H groups in total. The quantitative estimate of drug-likeness (QED) is 0.591. The van der Waals surface area contributed by atoms with E-state index in [1.165, 1.54) is 0 Å². The molecule has 0 heterocycles. The number of benzene rings is 1. The topological polar surface area (TPSA) is 104 Å². The summed E-state index contributed by atoms with van der Waals surface area (Å²) in [4.78, 5) is 25.9. The van der Waals surface area contributed by atoms with E-state index in [-0.39, 0.29) is 16.7 Å². The van der Waals surface area contributed by atoms with E-state index in [0.29, 0.717) is 24.8 Å². The number of aliphatic hydroxyl groups excluding tert-OH is 2. The van der Waals surface area contributed by atoms with Gasteiger partial charge in [0.25, 0.3) is 0 Å². The number of hydrogen-bond acceptors (Lipinski definition) is 5. The van der Waals surface area contributed by atoms with E-state index in [0.717, 1.165) is 32.1 Å². The van der Waals surface area contributed by atoms with Gasteiger partial charge in [0.2, 0.25) is 0 Å². The molecule has 0 radical (unpaired) electrons. The van der Waals surface area contributed by atoms with Crippen LogP contribution in [0.25, 0.3) is 0 Å². The summed E-state index contributed by atoms with van der Waals surface area (Å²) >= 11 is 0. The Labute approximate surface area is 195 Å². The Morgan fingerprint density at radius 3 is 2.45 bits per heavy atom. The van der Waals surface area contributed by atoms with Gasteiger partial charge in [-0.05, 0) is 79.2 Å². The van der Waals surface area contributed by atoms with E-state index in [9.17, 15) is 24.9 Å². The monoisotopic (exact) mass is 456 g/mol. The molecule has 0 amide bonds. The van der Waals surface area contributed by atoms with E-state index in [4.69, 9.17) is 4.74 Å². The van der Waals surface area contributed by atoms with Gasteiger partial charge in [-0.1, -0.05) is 38.5 Å². The molecule has 1 unspecified atom stereocenters. The molecule has 33 heavy (non-hydrogen) atoms. The molecule has 1 aromatic carbocycles. The Morgan fingerprint density at radius 1 is 1.06 bits per heavy atom. The average molecular weight is 457 g/mol. The number of carbonyl (C=O) groups is 2. The first-order valence-corrected chi connectivity index (χ1v) is 12.4. The number of aliphatic carboxylic acids is 1. The number of carboxylic acids is 1. The van der Waals surface area contributed by atoms with Crippen molar-refractivity contribution < 1.29 is 29.6 Å². The highest BCUT2D eigenvalue weighted by atomic mass is 16.5. The highest BCUT2D eigenvalue weighted by molar-refractivity contribution is 5.89. The molecule has 1 spiro atoms. The van der Waals surface area contributed by atoms with Crippen LogP contribution in [0, 0.1) is 33.5 Å². The third kappa shape index (κ3) is 2.99. The summed E-state index contributed by atoms with van der Waals surface area (Å²) in [5, 5.41) is 32.0. The SMILES string of the molecule is C[C@@]12CC[C@]3(C1)C(C[C@@H](OC(=O)c1ccccc1)[C@H]1[C@@](CO)(C(=O)O)CCC[C@@]13C)C[C@@H]2O. The van der Waals surface area contributed by atoms with E-state index < -0.39 is 47.5 Å². The molecule has 4 aliphatic carbocycles. The Bertz CT molecular complexity index is 947. The summed E-state index contributed by atoms with van der Waals surface area (Å²) in [6.45, 7) is 3.91. The lowest BCUT2D eigenvalue weighted by Gasteiger charge is -2.67. The van der Waals surface area contributed by atoms with Crippen LogP contribution in [0.3, 0.4) is 0 Å². The van der Waals surface area contributed by atoms with Crippen LogP contribution in [0.5, 0.6) is 0 Å². The molecule has 2 bridgehead atoms. The minimum Gasteiger partial charge on any atom is -0.481 e. The van der Waals surface area contributed by atoms with Gasteiger partial charge in [-0.15, -0.1) is 0 Å². The number of carboxylic acid groups (broad SMARTS) is 1. The van der Waals surface area contributed by atoms with E-state index in [2.05, 4.69) is 13.8 Å². The molecule has 4 saturated carbocycles. The Balaban J connectivity index is 1.61. The lowest BCUT2D eigenvalue weighted by atomic mass is 9.37. The fourth-order valence-electron chi connectivity index (χ4n) is 8.91. The van der Waals surface area contributed by atoms with Crippen LogP contribution in [0.4, 0.5) is 0 Å². The first-order chi connectivity index (χ1) is 15.6. The molecule has 5 rings (SSSR count). The van der Waals surface area contributed by atoms with Crippen LogP contribution in [0.2, 0.25) is 0 Å².